The van der Waals surface area contributed by atoms with Crippen molar-refractivity contribution in [1.29, 1.82) is 0 Å². The van der Waals surface area contributed by atoms with Crippen LogP contribution in [0.4, 0.5) is 0 Å². The molecule has 0 heterocycles. The number of hydrogen-bond donors (Lipinski definition) is 2. The third kappa shape index (κ3) is 3.12. The molecule has 0 aliphatic carbocycles. The molecule has 0 spiro atoms. The van der Waals surface area contributed by atoms with E-state index in [9.17, 15) is 10.2 Å². The van der Waals surface area contributed by atoms with Crippen LogP contribution in [-0.4, -0.2) is 10.2 Å². The van der Waals surface area contributed by atoms with Gasteiger partial charge >= 0.3 is 0 Å². The SMILES string of the molecule is Cc1cccc(C)c1-c1cc(C(C)(C)c2ccc(O)cc2)ccc1O. The van der Waals surface area contributed by atoms with Crippen LogP contribution in [0.5, 0.6) is 11.5 Å². The Kier molecular flexibility index (Phi) is 4.30. The van der Waals surface area contributed by atoms with E-state index >= 15 is 0 Å². The molecule has 25 heavy (non-hydrogen) atoms. The van der Waals surface area contributed by atoms with Crippen LogP contribution < -0.4 is 0 Å². The van der Waals surface area contributed by atoms with E-state index in [0.717, 1.165) is 33.4 Å². The Balaban J connectivity index is 2.15. The van der Waals surface area contributed by atoms with Crippen LogP contribution >= 0.6 is 0 Å². The number of phenols is 2. The van der Waals surface area contributed by atoms with Gasteiger partial charge in [-0.15, -0.1) is 0 Å². The van der Waals surface area contributed by atoms with Crippen LogP contribution in [0.15, 0.2) is 60.7 Å². The van der Waals surface area contributed by atoms with Gasteiger partial charge in [-0.1, -0.05) is 50.2 Å². The fourth-order valence-corrected chi connectivity index (χ4v) is 3.41. The van der Waals surface area contributed by atoms with Crippen LogP contribution in [0.1, 0.15) is 36.1 Å². The average molecular weight is 332 g/mol. The lowest BCUT2D eigenvalue weighted by atomic mass is 9.77. The summed E-state index contributed by atoms with van der Waals surface area (Å²) in [6.07, 6.45) is 0. The maximum atomic E-state index is 10.5. The Bertz CT molecular complexity index is 886. The molecule has 3 rings (SSSR count). The van der Waals surface area contributed by atoms with E-state index < -0.39 is 0 Å². The number of aryl methyl sites for hydroxylation is 2. The van der Waals surface area contributed by atoms with Gasteiger partial charge in [0.2, 0.25) is 0 Å². The van der Waals surface area contributed by atoms with Crippen molar-refractivity contribution in [3.05, 3.63) is 82.9 Å². The smallest absolute Gasteiger partial charge is 0.123 e. The molecule has 0 saturated carbocycles. The molecule has 2 nitrogen and oxygen atoms in total. The number of aromatic hydroxyl groups is 2. The molecule has 0 aromatic heterocycles. The van der Waals surface area contributed by atoms with Crippen molar-refractivity contribution in [3.8, 4) is 22.6 Å². The molecule has 0 bridgehead atoms. The predicted octanol–water partition coefficient (Wildman–Crippen LogP) is 5.71. The summed E-state index contributed by atoms with van der Waals surface area (Å²) in [4.78, 5) is 0. The summed E-state index contributed by atoms with van der Waals surface area (Å²) in [5.41, 5.74) is 6.23. The van der Waals surface area contributed by atoms with Crippen molar-refractivity contribution in [2.75, 3.05) is 0 Å². The topological polar surface area (TPSA) is 40.5 Å². The van der Waals surface area contributed by atoms with Gasteiger partial charge in [0.05, 0.1) is 0 Å². The number of benzene rings is 3. The lowest BCUT2D eigenvalue weighted by Gasteiger charge is -2.27. The lowest BCUT2D eigenvalue weighted by Crippen LogP contribution is -2.18. The van der Waals surface area contributed by atoms with Gasteiger partial charge in [-0.05, 0) is 65.9 Å². The third-order valence-electron chi connectivity index (χ3n) is 5.06. The summed E-state index contributed by atoms with van der Waals surface area (Å²) < 4.78 is 0. The number of hydrogen-bond acceptors (Lipinski definition) is 2. The van der Waals surface area contributed by atoms with Crippen molar-refractivity contribution >= 4 is 0 Å². The van der Waals surface area contributed by atoms with Crippen LogP contribution in [0, 0.1) is 13.8 Å². The largest absolute Gasteiger partial charge is 0.508 e. The third-order valence-corrected chi connectivity index (χ3v) is 5.06. The second kappa shape index (κ2) is 6.29. The molecule has 0 atom stereocenters. The van der Waals surface area contributed by atoms with E-state index in [0.29, 0.717) is 5.75 Å². The summed E-state index contributed by atoms with van der Waals surface area (Å²) in [5.74, 6) is 0.559. The van der Waals surface area contributed by atoms with Crippen LogP contribution in [0.3, 0.4) is 0 Å². The molecule has 0 unspecified atom stereocenters. The minimum Gasteiger partial charge on any atom is -0.508 e. The van der Waals surface area contributed by atoms with Crippen LogP contribution in [0.25, 0.3) is 11.1 Å². The maximum Gasteiger partial charge on any atom is 0.123 e. The van der Waals surface area contributed by atoms with Crippen molar-refractivity contribution in [2.24, 2.45) is 0 Å². The molecule has 3 aromatic rings. The molecular formula is C23H24O2. The second-order valence-electron chi connectivity index (χ2n) is 7.17. The summed E-state index contributed by atoms with van der Waals surface area (Å²) in [7, 11) is 0. The zero-order valence-corrected chi connectivity index (χ0v) is 15.2. The minimum absolute atomic E-state index is 0.243. The summed E-state index contributed by atoms with van der Waals surface area (Å²) in [5, 5.41) is 20.0. The second-order valence-corrected chi connectivity index (χ2v) is 7.17. The van der Waals surface area contributed by atoms with Gasteiger partial charge in [-0.25, -0.2) is 0 Å². The number of rotatable bonds is 3. The summed E-state index contributed by atoms with van der Waals surface area (Å²) in [6.45, 7) is 8.44. The van der Waals surface area contributed by atoms with E-state index in [1.54, 1.807) is 18.2 Å². The molecule has 2 N–H and O–H groups in total. The fraction of sp³-hybridized carbons (Fsp3) is 0.217. The summed E-state index contributed by atoms with van der Waals surface area (Å²) in [6, 6.07) is 19.3. The highest BCUT2D eigenvalue weighted by Crippen LogP contribution is 2.39. The molecule has 128 valence electrons. The first kappa shape index (κ1) is 17.1. The molecule has 0 fully saturated rings. The highest BCUT2D eigenvalue weighted by atomic mass is 16.3. The van der Waals surface area contributed by atoms with Crippen LogP contribution in [0.2, 0.25) is 0 Å². The van der Waals surface area contributed by atoms with Gasteiger partial charge in [0.25, 0.3) is 0 Å². The molecule has 0 amide bonds. The van der Waals surface area contributed by atoms with Gasteiger partial charge in [0.15, 0.2) is 0 Å². The zero-order valence-electron chi connectivity index (χ0n) is 15.2. The van der Waals surface area contributed by atoms with Gasteiger partial charge in [-0.2, -0.15) is 0 Å². The first-order valence-corrected chi connectivity index (χ1v) is 8.50. The standard InChI is InChI=1S/C23H24O2/c1-15-6-5-7-16(2)22(15)20-14-18(10-13-21(20)25)23(3,4)17-8-11-19(24)12-9-17/h5-14,24-25H,1-4H3. The first-order valence-electron chi connectivity index (χ1n) is 8.50. The number of phenolic OH excluding ortho intramolecular Hbond substituents is 2. The van der Waals surface area contributed by atoms with E-state index in [2.05, 4.69) is 45.9 Å². The molecule has 2 heteroatoms. The Morgan fingerprint density at radius 1 is 0.720 bits per heavy atom. The fourth-order valence-electron chi connectivity index (χ4n) is 3.41. The molecular weight excluding hydrogens is 308 g/mol. The van der Waals surface area contributed by atoms with Crippen LogP contribution in [-0.2, 0) is 5.41 Å². The molecule has 3 aromatic carbocycles. The monoisotopic (exact) mass is 332 g/mol. The van der Waals surface area contributed by atoms with Gasteiger partial charge in [0.1, 0.15) is 11.5 Å². The van der Waals surface area contributed by atoms with Crippen molar-refractivity contribution in [2.45, 2.75) is 33.1 Å². The Morgan fingerprint density at radius 3 is 1.88 bits per heavy atom. The van der Waals surface area contributed by atoms with Gasteiger partial charge in [0, 0.05) is 11.0 Å². The quantitative estimate of drug-likeness (QED) is 0.645. The molecule has 0 aliphatic rings. The lowest BCUT2D eigenvalue weighted by molar-refractivity contribution is 0.474. The zero-order chi connectivity index (χ0) is 18.2. The highest BCUT2D eigenvalue weighted by Gasteiger charge is 2.24. The molecule has 0 saturated heterocycles. The molecule has 0 aliphatic heterocycles. The van der Waals surface area contributed by atoms with E-state index in [4.69, 9.17) is 0 Å². The van der Waals surface area contributed by atoms with E-state index in [1.807, 2.05) is 24.3 Å². The first-order chi connectivity index (χ1) is 11.8. The Morgan fingerprint density at radius 2 is 1.28 bits per heavy atom. The molecule has 0 radical (unpaired) electrons. The van der Waals surface area contributed by atoms with Crippen molar-refractivity contribution in [1.82, 2.24) is 0 Å². The van der Waals surface area contributed by atoms with E-state index in [1.165, 1.54) is 0 Å². The average Bonchev–Trinajstić information content (AvgIpc) is 2.56. The Hall–Kier alpha value is -2.74. The van der Waals surface area contributed by atoms with Gasteiger partial charge in [-0.3, -0.25) is 0 Å². The highest BCUT2D eigenvalue weighted by molar-refractivity contribution is 5.76. The van der Waals surface area contributed by atoms with Crippen molar-refractivity contribution in [3.63, 3.8) is 0 Å². The Labute approximate surface area is 149 Å². The summed E-state index contributed by atoms with van der Waals surface area (Å²) >= 11 is 0. The minimum atomic E-state index is -0.243. The van der Waals surface area contributed by atoms with Gasteiger partial charge < -0.3 is 10.2 Å². The predicted molar refractivity (Wildman–Crippen MR) is 103 cm³/mol. The van der Waals surface area contributed by atoms with Crippen molar-refractivity contribution < 1.29 is 10.2 Å². The maximum absolute atomic E-state index is 10.5. The normalized spacial score (nSPS) is 11.5. The van der Waals surface area contributed by atoms with E-state index in [-0.39, 0.29) is 11.2 Å².